The van der Waals surface area contributed by atoms with Gasteiger partial charge < -0.3 is 9.73 Å². The van der Waals surface area contributed by atoms with Gasteiger partial charge in [0.1, 0.15) is 0 Å². The number of nitrogens with zero attached hydrogens (tertiary/aromatic N) is 2. The van der Waals surface area contributed by atoms with Crippen molar-refractivity contribution in [3.8, 4) is 11.5 Å². The molecule has 138 valence electrons. The SMILES string of the molecule is O=C(CSc1nnc(-c2ccc(Cl)cc2)o1)NCCC1CC2CCC1C2. The quantitative estimate of drug-likeness (QED) is 0.707. The van der Waals surface area contributed by atoms with E-state index in [2.05, 4.69) is 15.5 Å². The highest BCUT2D eigenvalue weighted by atomic mass is 35.5. The zero-order valence-corrected chi connectivity index (χ0v) is 16.1. The van der Waals surface area contributed by atoms with E-state index in [1.54, 1.807) is 12.1 Å². The van der Waals surface area contributed by atoms with Crippen LogP contribution in [0.15, 0.2) is 33.9 Å². The van der Waals surface area contributed by atoms with Crippen LogP contribution >= 0.6 is 23.4 Å². The number of aromatic nitrogens is 2. The van der Waals surface area contributed by atoms with E-state index in [0.29, 0.717) is 21.9 Å². The Bertz CT molecular complexity index is 764. The van der Waals surface area contributed by atoms with Crippen LogP contribution in [-0.2, 0) is 4.79 Å². The molecule has 2 fully saturated rings. The summed E-state index contributed by atoms with van der Waals surface area (Å²) in [5.74, 6) is 3.43. The van der Waals surface area contributed by atoms with Crippen LogP contribution in [0.25, 0.3) is 11.5 Å². The van der Waals surface area contributed by atoms with Gasteiger partial charge >= 0.3 is 0 Å². The van der Waals surface area contributed by atoms with E-state index in [9.17, 15) is 4.79 Å². The van der Waals surface area contributed by atoms with E-state index in [1.807, 2.05) is 12.1 Å². The lowest BCUT2D eigenvalue weighted by molar-refractivity contribution is -0.118. The molecule has 0 aliphatic heterocycles. The fraction of sp³-hybridized carbons (Fsp3) is 0.526. The summed E-state index contributed by atoms with van der Waals surface area (Å²) in [6.45, 7) is 0.771. The fourth-order valence-corrected chi connectivity index (χ4v) is 5.00. The number of nitrogens with one attached hydrogen (secondary N) is 1. The minimum absolute atomic E-state index is 0.0180. The van der Waals surface area contributed by atoms with Crippen molar-refractivity contribution in [1.82, 2.24) is 15.5 Å². The number of carbonyl (C=O) groups is 1. The molecule has 1 aromatic heterocycles. The van der Waals surface area contributed by atoms with Gasteiger partial charge in [-0.05, 0) is 67.7 Å². The topological polar surface area (TPSA) is 68.0 Å². The molecule has 0 radical (unpaired) electrons. The largest absolute Gasteiger partial charge is 0.411 e. The van der Waals surface area contributed by atoms with E-state index >= 15 is 0 Å². The number of benzene rings is 1. The van der Waals surface area contributed by atoms with Crippen molar-refractivity contribution in [2.45, 2.75) is 37.3 Å². The first kappa shape index (κ1) is 17.9. The number of fused-ring (bicyclic) bond motifs is 2. The monoisotopic (exact) mass is 391 g/mol. The summed E-state index contributed by atoms with van der Waals surface area (Å²) in [6.07, 6.45) is 6.71. The lowest BCUT2D eigenvalue weighted by Gasteiger charge is -2.21. The van der Waals surface area contributed by atoms with E-state index in [0.717, 1.165) is 36.3 Å². The molecule has 0 spiro atoms. The van der Waals surface area contributed by atoms with Crippen LogP contribution < -0.4 is 5.32 Å². The molecule has 2 aliphatic carbocycles. The second-order valence-electron chi connectivity index (χ2n) is 7.24. The van der Waals surface area contributed by atoms with Crippen molar-refractivity contribution >= 4 is 29.3 Å². The van der Waals surface area contributed by atoms with Gasteiger partial charge in [-0.25, -0.2) is 0 Å². The Hall–Kier alpha value is -1.53. The van der Waals surface area contributed by atoms with Gasteiger partial charge in [0, 0.05) is 17.1 Å². The van der Waals surface area contributed by atoms with Crippen molar-refractivity contribution in [3.63, 3.8) is 0 Å². The van der Waals surface area contributed by atoms with Crippen LogP contribution in [0.5, 0.6) is 0 Å². The number of rotatable bonds is 7. The number of thioether (sulfide) groups is 1. The highest BCUT2D eigenvalue weighted by Crippen LogP contribution is 2.49. The number of carbonyl (C=O) groups excluding carboxylic acids is 1. The molecular weight excluding hydrogens is 370 g/mol. The van der Waals surface area contributed by atoms with Crippen molar-refractivity contribution < 1.29 is 9.21 Å². The fourth-order valence-electron chi connectivity index (χ4n) is 4.28. The zero-order chi connectivity index (χ0) is 17.9. The van der Waals surface area contributed by atoms with Crippen LogP contribution in [-0.4, -0.2) is 28.4 Å². The van der Waals surface area contributed by atoms with E-state index in [1.165, 1.54) is 37.4 Å². The normalized spacial score (nSPS) is 24.1. The third kappa shape index (κ3) is 4.23. The molecule has 1 amide bonds. The Balaban J connectivity index is 1.19. The molecule has 0 saturated heterocycles. The van der Waals surface area contributed by atoms with Crippen molar-refractivity contribution in [2.75, 3.05) is 12.3 Å². The van der Waals surface area contributed by atoms with Crippen molar-refractivity contribution in [1.29, 1.82) is 0 Å². The number of hydrogen-bond acceptors (Lipinski definition) is 5. The Morgan fingerprint density at radius 3 is 2.81 bits per heavy atom. The maximum atomic E-state index is 12.0. The molecule has 2 aliphatic rings. The van der Waals surface area contributed by atoms with E-state index < -0.39 is 0 Å². The molecule has 4 rings (SSSR count). The molecule has 2 bridgehead atoms. The second kappa shape index (κ2) is 8.01. The molecule has 1 aromatic carbocycles. The van der Waals surface area contributed by atoms with Crippen LogP contribution in [0.2, 0.25) is 5.02 Å². The number of halogens is 1. The smallest absolute Gasteiger partial charge is 0.277 e. The van der Waals surface area contributed by atoms with E-state index in [-0.39, 0.29) is 5.91 Å². The highest BCUT2D eigenvalue weighted by Gasteiger charge is 2.38. The minimum atomic E-state index is 0.0180. The first-order valence-electron chi connectivity index (χ1n) is 9.16. The maximum Gasteiger partial charge on any atom is 0.277 e. The molecule has 7 heteroatoms. The summed E-state index contributed by atoms with van der Waals surface area (Å²) < 4.78 is 5.60. The van der Waals surface area contributed by atoms with Gasteiger partial charge in [-0.15, -0.1) is 10.2 Å². The summed E-state index contributed by atoms with van der Waals surface area (Å²) in [4.78, 5) is 12.0. The van der Waals surface area contributed by atoms with Gasteiger partial charge in [-0.1, -0.05) is 29.8 Å². The van der Waals surface area contributed by atoms with Crippen molar-refractivity contribution in [2.24, 2.45) is 17.8 Å². The van der Waals surface area contributed by atoms with Gasteiger partial charge in [-0.3, -0.25) is 4.79 Å². The van der Waals surface area contributed by atoms with Crippen molar-refractivity contribution in [3.05, 3.63) is 29.3 Å². The van der Waals surface area contributed by atoms with Gasteiger partial charge in [0.25, 0.3) is 5.22 Å². The Morgan fingerprint density at radius 2 is 2.08 bits per heavy atom. The summed E-state index contributed by atoms with van der Waals surface area (Å²) in [5, 5.41) is 12.1. The first-order valence-corrected chi connectivity index (χ1v) is 10.5. The first-order chi connectivity index (χ1) is 12.7. The molecule has 5 nitrogen and oxygen atoms in total. The number of hydrogen-bond donors (Lipinski definition) is 1. The number of amides is 1. The third-order valence-electron chi connectivity index (χ3n) is 5.55. The summed E-state index contributed by atoms with van der Waals surface area (Å²) in [6, 6.07) is 7.20. The van der Waals surface area contributed by atoms with Crippen LogP contribution in [0.1, 0.15) is 32.1 Å². The summed E-state index contributed by atoms with van der Waals surface area (Å²) in [5.41, 5.74) is 0.809. The Labute approximate surface area is 162 Å². The molecule has 1 heterocycles. The predicted molar refractivity (Wildman–Crippen MR) is 102 cm³/mol. The molecule has 3 atom stereocenters. The zero-order valence-electron chi connectivity index (χ0n) is 14.5. The van der Waals surface area contributed by atoms with Gasteiger partial charge in [0.05, 0.1) is 5.75 Å². The molecule has 2 saturated carbocycles. The molecule has 3 unspecified atom stereocenters. The molecule has 2 aromatic rings. The van der Waals surface area contributed by atoms with Crippen LogP contribution in [0.4, 0.5) is 0 Å². The van der Waals surface area contributed by atoms with Gasteiger partial charge in [0.2, 0.25) is 11.8 Å². The van der Waals surface area contributed by atoms with Crippen LogP contribution in [0, 0.1) is 17.8 Å². The lowest BCUT2D eigenvalue weighted by atomic mass is 9.86. The molecule has 1 N–H and O–H groups in total. The summed E-state index contributed by atoms with van der Waals surface area (Å²) in [7, 11) is 0. The standard InChI is InChI=1S/C19H22ClN3O2S/c20-16-5-3-13(4-6-16)18-22-23-19(25-18)26-11-17(24)21-8-7-15-10-12-1-2-14(15)9-12/h3-6,12,14-15H,1-2,7-11H2,(H,21,24). The Kier molecular flexibility index (Phi) is 5.50. The maximum absolute atomic E-state index is 12.0. The minimum Gasteiger partial charge on any atom is -0.411 e. The summed E-state index contributed by atoms with van der Waals surface area (Å²) >= 11 is 7.14. The average Bonchev–Trinajstić information content (AvgIpc) is 3.37. The molecular formula is C19H22ClN3O2S. The third-order valence-corrected chi connectivity index (χ3v) is 6.62. The van der Waals surface area contributed by atoms with Gasteiger partial charge in [-0.2, -0.15) is 0 Å². The average molecular weight is 392 g/mol. The van der Waals surface area contributed by atoms with Gasteiger partial charge in [0.15, 0.2) is 0 Å². The van der Waals surface area contributed by atoms with Crippen LogP contribution in [0.3, 0.4) is 0 Å². The lowest BCUT2D eigenvalue weighted by Crippen LogP contribution is -2.28. The second-order valence-corrected chi connectivity index (χ2v) is 8.61. The highest BCUT2D eigenvalue weighted by molar-refractivity contribution is 7.99. The molecule has 26 heavy (non-hydrogen) atoms. The predicted octanol–water partition coefficient (Wildman–Crippen LogP) is 4.42. The Morgan fingerprint density at radius 1 is 1.23 bits per heavy atom. The van der Waals surface area contributed by atoms with E-state index in [4.69, 9.17) is 16.0 Å².